The number of halogens is 1. The van der Waals surface area contributed by atoms with Crippen LogP contribution in [0.15, 0.2) is 46.4 Å². The van der Waals surface area contributed by atoms with Gasteiger partial charge in [-0.25, -0.2) is 5.43 Å². The minimum absolute atomic E-state index is 0.207. The van der Waals surface area contributed by atoms with Crippen molar-refractivity contribution in [2.45, 2.75) is 18.2 Å². The molecule has 138 valence electrons. The molecule has 2 aromatic rings. The number of hydrogen-bond donors (Lipinski definition) is 1. The van der Waals surface area contributed by atoms with E-state index in [9.17, 15) is 4.79 Å². The Morgan fingerprint density at radius 3 is 2.65 bits per heavy atom. The summed E-state index contributed by atoms with van der Waals surface area (Å²) in [4.78, 5) is 13.2. The molecule has 0 unspecified atom stereocenters. The van der Waals surface area contributed by atoms with Crippen molar-refractivity contribution in [1.29, 1.82) is 0 Å². The van der Waals surface area contributed by atoms with E-state index in [1.807, 2.05) is 24.3 Å². The fourth-order valence-corrected chi connectivity index (χ4v) is 3.29. The van der Waals surface area contributed by atoms with E-state index in [-0.39, 0.29) is 12.3 Å². The van der Waals surface area contributed by atoms with Crippen LogP contribution in [0.3, 0.4) is 0 Å². The van der Waals surface area contributed by atoms with Crippen LogP contribution in [0.5, 0.6) is 11.5 Å². The van der Waals surface area contributed by atoms with Crippen molar-refractivity contribution in [1.82, 2.24) is 5.43 Å². The lowest BCUT2D eigenvalue weighted by atomic mass is 10.1. The lowest BCUT2D eigenvalue weighted by molar-refractivity contribution is -0.120. The van der Waals surface area contributed by atoms with Crippen molar-refractivity contribution in [3.8, 4) is 11.5 Å². The standard InChI is InChI=1S/C19H21ClN2O3S/c1-4-26-18-8-6-15(20)10-14(18)11-19(23)22-21-12-13-5-7-16(24-2)17(9-13)25-3/h5-10,12H,4,11H2,1-3H3,(H,22,23)/b21-12-. The van der Waals surface area contributed by atoms with Gasteiger partial charge in [0.05, 0.1) is 26.9 Å². The number of carbonyl (C=O) groups is 1. The highest BCUT2D eigenvalue weighted by Gasteiger charge is 2.09. The predicted octanol–water partition coefficient (Wildman–Crippen LogP) is 4.16. The third kappa shape index (κ3) is 5.68. The zero-order valence-corrected chi connectivity index (χ0v) is 16.5. The Morgan fingerprint density at radius 2 is 1.96 bits per heavy atom. The molecule has 7 heteroatoms. The minimum Gasteiger partial charge on any atom is -0.493 e. The number of amides is 1. The second-order valence-electron chi connectivity index (χ2n) is 5.27. The van der Waals surface area contributed by atoms with E-state index in [4.69, 9.17) is 21.1 Å². The first-order chi connectivity index (χ1) is 12.6. The first-order valence-corrected chi connectivity index (χ1v) is 9.38. The Bertz CT molecular complexity index is 796. The number of hydrogen-bond acceptors (Lipinski definition) is 5. The van der Waals surface area contributed by atoms with Crippen molar-refractivity contribution >= 4 is 35.5 Å². The molecule has 1 amide bonds. The number of nitrogens with one attached hydrogen (secondary N) is 1. The molecule has 0 aliphatic heterocycles. The molecule has 0 aliphatic rings. The van der Waals surface area contributed by atoms with Gasteiger partial charge in [0, 0.05) is 9.92 Å². The summed E-state index contributed by atoms with van der Waals surface area (Å²) in [5.41, 5.74) is 4.22. The van der Waals surface area contributed by atoms with Crippen molar-refractivity contribution in [2.75, 3.05) is 20.0 Å². The van der Waals surface area contributed by atoms with Crippen LogP contribution in [0.4, 0.5) is 0 Å². The molecular formula is C19H21ClN2O3S. The van der Waals surface area contributed by atoms with Crippen LogP contribution in [0.1, 0.15) is 18.1 Å². The number of thioether (sulfide) groups is 1. The van der Waals surface area contributed by atoms with Gasteiger partial charge in [0.1, 0.15) is 0 Å². The third-order valence-electron chi connectivity index (χ3n) is 3.48. The molecule has 0 atom stereocenters. The van der Waals surface area contributed by atoms with E-state index in [1.165, 1.54) is 0 Å². The molecule has 0 aromatic heterocycles. The predicted molar refractivity (Wildman–Crippen MR) is 107 cm³/mol. The molecule has 0 saturated heterocycles. The molecule has 5 nitrogen and oxygen atoms in total. The lowest BCUT2D eigenvalue weighted by Crippen LogP contribution is -2.20. The Hall–Kier alpha value is -2.18. The van der Waals surface area contributed by atoms with Crippen LogP contribution in [0, 0.1) is 0 Å². The second-order valence-corrected chi connectivity index (χ2v) is 7.01. The van der Waals surface area contributed by atoms with Gasteiger partial charge in [-0.2, -0.15) is 5.10 Å². The number of benzene rings is 2. The quantitative estimate of drug-likeness (QED) is 0.416. The number of nitrogens with zero attached hydrogens (tertiary/aromatic N) is 1. The molecular weight excluding hydrogens is 372 g/mol. The largest absolute Gasteiger partial charge is 0.493 e. The Labute approximate surface area is 162 Å². The first-order valence-electron chi connectivity index (χ1n) is 8.02. The Morgan fingerprint density at radius 1 is 1.19 bits per heavy atom. The average Bonchev–Trinajstić information content (AvgIpc) is 2.64. The summed E-state index contributed by atoms with van der Waals surface area (Å²) in [6.07, 6.45) is 1.77. The molecule has 2 aromatic carbocycles. The number of carbonyl (C=O) groups excluding carboxylic acids is 1. The Kier molecular flexibility index (Phi) is 7.81. The van der Waals surface area contributed by atoms with Crippen molar-refractivity contribution < 1.29 is 14.3 Å². The van der Waals surface area contributed by atoms with Crippen LogP contribution in [0.25, 0.3) is 0 Å². The normalized spacial score (nSPS) is 10.8. The van der Waals surface area contributed by atoms with Crippen LogP contribution in [0.2, 0.25) is 5.02 Å². The third-order valence-corrected chi connectivity index (χ3v) is 4.72. The lowest BCUT2D eigenvalue weighted by Gasteiger charge is -2.08. The molecule has 1 N–H and O–H groups in total. The van der Waals surface area contributed by atoms with Gasteiger partial charge in [0.25, 0.3) is 0 Å². The van der Waals surface area contributed by atoms with Crippen LogP contribution < -0.4 is 14.9 Å². The van der Waals surface area contributed by atoms with Crippen molar-refractivity contribution in [3.63, 3.8) is 0 Å². The van der Waals surface area contributed by atoms with Gasteiger partial charge in [0.2, 0.25) is 5.91 Å². The molecule has 0 aliphatic carbocycles. The number of hydrazone groups is 1. The van der Waals surface area contributed by atoms with Crippen molar-refractivity contribution in [3.05, 3.63) is 52.5 Å². The highest BCUT2D eigenvalue weighted by atomic mass is 35.5. The van der Waals surface area contributed by atoms with Crippen molar-refractivity contribution in [2.24, 2.45) is 5.10 Å². The summed E-state index contributed by atoms with van der Waals surface area (Å²) in [6, 6.07) is 11.0. The van der Waals surface area contributed by atoms with Crippen LogP contribution >= 0.6 is 23.4 Å². The van der Waals surface area contributed by atoms with Crippen LogP contribution in [-0.4, -0.2) is 32.1 Å². The maximum Gasteiger partial charge on any atom is 0.244 e. The summed E-state index contributed by atoms with van der Waals surface area (Å²) in [6.45, 7) is 2.07. The molecule has 0 spiro atoms. The van der Waals surface area contributed by atoms with E-state index in [2.05, 4.69) is 17.5 Å². The van der Waals surface area contributed by atoms with Gasteiger partial charge in [-0.3, -0.25) is 4.79 Å². The average molecular weight is 393 g/mol. The molecule has 0 saturated carbocycles. The Balaban J connectivity index is 2.01. The van der Waals surface area contributed by atoms with Gasteiger partial charge in [-0.1, -0.05) is 18.5 Å². The van der Waals surface area contributed by atoms with Gasteiger partial charge >= 0.3 is 0 Å². The molecule has 0 fully saturated rings. The molecule has 0 radical (unpaired) electrons. The van der Waals surface area contributed by atoms with Gasteiger partial charge in [-0.15, -0.1) is 11.8 Å². The van der Waals surface area contributed by atoms with E-state index < -0.39 is 0 Å². The van der Waals surface area contributed by atoms with Gasteiger partial charge in [0.15, 0.2) is 11.5 Å². The van der Waals surface area contributed by atoms with Crippen LogP contribution in [-0.2, 0) is 11.2 Å². The monoisotopic (exact) mass is 392 g/mol. The minimum atomic E-state index is -0.207. The number of ether oxygens (including phenoxy) is 2. The summed E-state index contributed by atoms with van der Waals surface area (Å²) in [7, 11) is 3.14. The van der Waals surface area contributed by atoms with Gasteiger partial charge in [-0.05, 0) is 53.3 Å². The first kappa shape index (κ1) is 20.1. The summed E-state index contributed by atoms with van der Waals surface area (Å²) in [5.74, 6) is 1.95. The van der Waals surface area contributed by atoms with Gasteiger partial charge < -0.3 is 9.47 Å². The maximum atomic E-state index is 12.2. The molecule has 0 heterocycles. The second kappa shape index (κ2) is 10.1. The fraction of sp³-hybridized carbons (Fsp3) is 0.263. The van der Waals surface area contributed by atoms with E-state index in [1.54, 1.807) is 44.3 Å². The highest BCUT2D eigenvalue weighted by Crippen LogP contribution is 2.27. The molecule has 0 bridgehead atoms. The smallest absolute Gasteiger partial charge is 0.244 e. The zero-order valence-electron chi connectivity index (χ0n) is 14.9. The SMILES string of the molecule is CCSc1ccc(Cl)cc1CC(=O)N/N=C\c1ccc(OC)c(OC)c1. The fourth-order valence-electron chi connectivity index (χ4n) is 2.31. The number of methoxy groups -OCH3 is 2. The maximum absolute atomic E-state index is 12.2. The summed E-state index contributed by atoms with van der Waals surface area (Å²) in [5, 5.41) is 4.62. The molecule has 26 heavy (non-hydrogen) atoms. The number of rotatable bonds is 8. The summed E-state index contributed by atoms with van der Waals surface area (Å²) >= 11 is 7.72. The van der Waals surface area contributed by atoms with E-state index >= 15 is 0 Å². The topological polar surface area (TPSA) is 59.9 Å². The summed E-state index contributed by atoms with van der Waals surface area (Å²) < 4.78 is 10.4. The zero-order chi connectivity index (χ0) is 18.9. The molecule has 2 rings (SSSR count). The van der Waals surface area contributed by atoms with E-state index in [0.29, 0.717) is 16.5 Å². The van der Waals surface area contributed by atoms with E-state index in [0.717, 1.165) is 21.8 Å². The highest BCUT2D eigenvalue weighted by molar-refractivity contribution is 7.99.